The minimum absolute atomic E-state index is 0.258. The molecule has 0 saturated heterocycles. The molecule has 0 amide bonds. The number of rotatable bonds is 12. The molecule has 2 heteroatoms. The Labute approximate surface area is 139 Å². The van der Waals surface area contributed by atoms with Gasteiger partial charge in [-0.2, -0.15) is 0 Å². The molecule has 0 rings (SSSR count). The molecule has 0 fully saturated rings. The summed E-state index contributed by atoms with van der Waals surface area (Å²) in [5.41, 5.74) is 0.488. The molecule has 0 unspecified atom stereocenters. The van der Waals surface area contributed by atoms with Gasteiger partial charge in [0.1, 0.15) is 0 Å². The van der Waals surface area contributed by atoms with E-state index >= 15 is 0 Å². The summed E-state index contributed by atoms with van der Waals surface area (Å²) in [6, 6.07) is 0. The number of ether oxygens (including phenoxy) is 1. The summed E-state index contributed by atoms with van der Waals surface area (Å²) in [6.45, 7) is 12.0. The Hall–Kier alpha value is -1.05. The molecule has 0 saturated carbocycles. The molecular formula is C20H38O2. The lowest BCUT2D eigenvalue weighted by Crippen LogP contribution is -2.05. The Morgan fingerprint density at radius 2 is 1.27 bits per heavy atom. The van der Waals surface area contributed by atoms with Crippen molar-refractivity contribution in [1.29, 1.82) is 0 Å². The van der Waals surface area contributed by atoms with Crippen LogP contribution in [-0.2, 0) is 9.53 Å². The van der Waals surface area contributed by atoms with Crippen LogP contribution in [0.1, 0.15) is 91.9 Å². The molecular weight excluding hydrogens is 272 g/mol. The highest BCUT2D eigenvalue weighted by atomic mass is 16.5. The van der Waals surface area contributed by atoms with Crippen molar-refractivity contribution in [3.05, 3.63) is 24.3 Å². The van der Waals surface area contributed by atoms with Gasteiger partial charge in [0.25, 0.3) is 0 Å². The third kappa shape index (κ3) is 21.3. The van der Waals surface area contributed by atoms with Gasteiger partial charge in [0, 0.05) is 5.57 Å². The van der Waals surface area contributed by atoms with E-state index in [0.29, 0.717) is 12.2 Å². The highest BCUT2D eigenvalue weighted by Crippen LogP contribution is 2.10. The molecule has 0 aromatic heterocycles. The predicted octanol–water partition coefficient (Wildman–Crippen LogP) is 6.61. The number of hydrogen-bond acceptors (Lipinski definition) is 2. The number of carbonyl (C=O) groups is 1. The van der Waals surface area contributed by atoms with E-state index in [2.05, 4.69) is 13.5 Å². The molecule has 0 aliphatic heterocycles. The lowest BCUT2D eigenvalue weighted by atomic mass is 10.1. The average Bonchev–Trinajstić information content (AvgIpc) is 2.52. The Morgan fingerprint density at radius 3 is 1.64 bits per heavy atom. The maximum Gasteiger partial charge on any atom is 0.333 e. The maximum absolute atomic E-state index is 11.1. The smallest absolute Gasteiger partial charge is 0.333 e. The van der Waals surface area contributed by atoms with Crippen molar-refractivity contribution in [2.24, 2.45) is 0 Å². The van der Waals surface area contributed by atoms with Gasteiger partial charge in [-0.25, -0.2) is 4.79 Å². The van der Waals surface area contributed by atoms with Gasteiger partial charge >= 0.3 is 5.97 Å². The summed E-state index contributed by atoms with van der Waals surface area (Å²) < 4.78 is 5.04. The molecule has 0 aliphatic carbocycles. The predicted molar refractivity (Wildman–Crippen MR) is 98.1 cm³/mol. The fraction of sp³-hybridized carbons (Fsp3) is 0.750. The number of esters is 1. The molecule has 0 spiro atoms. The van der Waals surface area contributed by atoms with E-state index in [1.54, 1.807) is 6.92 Å². The number of allylic oxidation sites excluding steroid dienone is 2. The van der Waals surface area contributed by atoms with Crippen LogP contribution in [-0.4, -0.2) is 12.6 Å². The maximum atomic E-state index is 11.1. The summed E-state index contributed by atoms with van der Waals surface area (Å²) in [5.74, 6) is -0.258. The molecule has 130 valence electrons. The zero-order valence-electron chi connectivity index (χ0n) is 15.5. The zero-order chi connectivity index (χ0) is 17.1. The second-order valence-corrected chi connectivity index (χ2v) is 5.76. The van der Waals surface area contributed by atoms with Gasteiger partial charge < -0.3 is 4.74 Å². The largest absolute Gasteiger partial charge is 0.462 e. The minimum atomic E-state index is -0.258. The van der Waals surface area contributed by atoms with Gasteiger partial charge in [-0.3, -0.25) is 0 Å². The van der Waals surface area contributed by atoms with Gasteiger partial charge in [-0.1, -0.05) is 83.4 Å². The first kappa shape index (κ1) is 23.2. The van der Waals surface area contributed by atoms with Crippen molar-refractivity contribution in [3.8, 4) is 0 Å². The first-order chi connectivity index (χ1) is 10.6. The lowest BCUT2D eigenvalue weighted by Gasteiger charge is -2.04. The highest BCUT2D eigenvalue weighted by molar-refractivity contribution is 5.86. The molecule has 0 heterocycles. The van der Waals surface area contributed by atoms with Crippen molar-refractivity contribution < 1.29 is 9.53 Å². The standard InChI is InChI=1S/C16H30O2.C4H8/c1-4-5-6-7-8-9-10-11-12-13-14-18-16(17)15(2)3;1-3-4-2/h2,4-14H2,1,3H3;3-4H,1-2H3. The Kier molecular flexibility index (Phi) is 21.1. The van der Waals surface area contributed by atoms with Crippen molar-refractivity contribution in [1.82, 2.24) is 0 Å². The molecule has 2 nitrogen and oxygen atoms in total. The van der Waals surface area contributed by atoms with Crippen LogP contribution in [0.3, 0.4) is 0 Å². The van der Waals surface area contributed by atoms with Crippen LogP contribution < -0.4 is 0 Å². The lowest BCUT2D eigenvalue weighted by molar-refractivity contribution is -0.139. The SMILES string of the molecule is C=C(C)C(=O)OCCCCCCCCCCCC.CC=CC. The van der Waals surface area contributed by atoms with Crippen LogP contribution in [0.5, 0.6) is 0 Å². The topological polar surface area (TPSA) is 26.3 Å². The van der Waals surface area contributed by atoms with Crippen LogP contribution in [0.2, 0.25) is 0 Å². The van der Waals surface area contributed by atoms with Crippen LogP contribution in [0.4, 0.5) is 0 Å². The molecule has 0 aliphatic rings. The van der Waals surface area contributed by atoms with Crippen molar-refractivity contribution >= 4 is 5.97 Å². The summed E-state index contributed by atoms with van der Waals surface area (Å²) in [6.07, 6.45) is 17.0. The first-order valence-corrected chi connectivity index (χ1v) is 9.00. The third-order valence-electron chi connectivity index (χ3n) is 3.41. The van der Waals surface area contributed by atoms with Gasteiger partial charge in [0.05, 0.1) is 6.61 Å². The van der Waals surface area contributed by atoms with E-state index in [0.717, 1.165) is 6.42 Å². The number of carbonyl (C=O) groups excluding carboxylic acids is 1. The van der Waals surface area contributed by atoms with Crippen LogP contribution in [0, 0.1) is 0 Å². The normalized spacial score (nSPS) is 10.2. The number of hydrogen-bond donors (Lipinski definition) is 0. The van der Waals surface area contributed by atoms with E-state index in [4.69, 9.17) is 4.74 Å². The third-order valence-corrected chi connectivity index (χ3v) is 3.41. The summed E-state index contributed by atoms with van der Waals surface area (Å²) >= 11 is 0. The monoisotopic (exact) mass is 310 g/mol. The second-order valence-electron chi connectivity index (χ2n) is 5.76. The second kappa shape index (κ2) is 19.9. The zero-order valence-corrected chi connectivity index (χ0v) is 15.5. The quantitative estimate of drug-likeness (QED) is 0.175. The first-order valence-electron chi connectivity index (χ1n) is 9.00. The number of unbranched alkanes of at least 4 members (excludes halogenated alkanes) is 9. The van der Waals surface area contributed by atoms with E-state index < -0.39 is 0 Å². The molecule has 0 radical (unpaired) electrons. The summed E-state index contributed by atoms with van der Waals surface area (Å²) in [5, 5.41) is 0. The van der Waals surface area contributed by atoms with Crippen LogP contribution in [0.15, 0.2) is 24.3 Å². The van der Waals surface area contributed by atoms with Crippen molar-refractivity contribution in [2.75, 3.05) is 6.61 Å². The molecule has 0 bridgehead atoms. The van der Waals surface area contributed by atoms with E-state index in [1.807, 2.05) is 26.0 Å². The van der Waals surface area contributed by atoms with Crippen molar-refractivity contribution in [3.63, 3.8) is 0 Å². The fourth-order valence-electron chi connectivity index (χ4n) is 1.88. The summed E-state index contributed by atoms with van der Waals surface area (Å²) in [4.78, 5) is 11.1. The molecule has 0 aromatic rings. The molecule has 0 atom stereocenters. The molecule has 0 aromatic carbocycles. The average molecular weight is 311 g/mol. The Bertz CT molecular complexity index is 275. The Balaban J connectivity index is 0. The van der Waals surface area contributed by atoms with Gasteiger partial charge in [0.15, 0.2) is 0 Å². The van der Waals surface area contributed by atoms with E-state index in [1.165, 1.54) is 57.8 Å². The van der Waals surface area contributed by atoms with E-state index in [-0.39, 0.29) is 5.97 Å². The summed E-state index contributed by atoms with van der Waals surface area (Å²) in [7, 11) is 0. The van der Waals surface area contributed by atoms with Crippen LogP contribution in [0.25, 0.3) is 0 Å². The molecule has 22 heavy (non-hydrogen) atoms. The van der Waals surface area contributed by atoms with Crippen LogP contribution >= 0.6 is 0 Å². The Morgan fingerprint density at radius 1 is 0.864 bits per heavy atom. The van der Waals surface area contributed by atoms with E-state index in [9.17, 15) is 4.79 Å². The minimum Gasteiger partial charge on any atom is -0.462 e. The van der Waals surface area contributed by atoms with Crippen molar-refractivity contribution in [2.45, 2.75) is 91.9 Å². The van der Waals surface area contributed by atoms with Gasteiger partial charge in [0.2, 0.25) is 0 Å². The van der Waals surface area contributed by atoms with Gasteiger partial charge in [-0.15, -0.1) is 0 Å². The van der Waals surface area contributed by atoms with Gasteiger partial charge in [-0.05, 0) is 27.2 Å². The highest BCUT2D eigenvalue weighted by Gasteiger charge is 2.01. The molecule has 0 N–H and O–H groups in total. The fourth-order valence-corrected chi connectivity index (χ4v) is 1.88.